The number of hydrogen-bond donors (Lipinski definition) is 1. The fourth-order valence-corrected chi connectivity index (χ4v) is 2.78. The fourth-order valence-electron chi connectivity index (χ4n) is 2.78. The van der Waals surface area contributed by atoms with Crippen LogP contribution < -0.4 is 5.32 Å². The van der Waals surface area contributed by atoms with Gasteiger partial charge in [0.2, 0.25) is 0 Å². The van der Waals surface area contributed by atoms with Gasteiger partial charge in [-0.25, -0.2) is 0 Å². The number of likely N-dealkylation sites (tertiary alicyclic amines) is 1. The summed E-state index contributed by atoms with van der Waals surface area (Å²) in [7, 11) is 0. The van der Waals surface area contributed by atoms with Crippen LogP contribution in [0.2, 0.25) is 0 Å². The highest BCUT2D eigenvalue weighted by atomic mass is 15.1. The molecule has 1 saturated heterocycles. The van der Waals surface area contributed by atoms with E-state index in [9.17, 15) is 0 Å². The molecule has 2 nitrogen and oxygen atoms in total. The summed E-state index contributed by atoms with van der Waals surface area (Å²) in [6.45, 7) is 12.7. The average molecular weight is 274 g/mol. The van der Waals surface area contributed by atoms with Gasteiger partial charge in [-0.15, -0.1) is 0 Å². The zero-order valence-electron chi connectivity index (χ0n) is 13.4. The molecular formula is C18H30N2. The molecule has 2 heteroatoms. The molecule has 1 aromatic rings. The second-order valence-corrected chi connectivity index (χ2v) is 7.03. The van der Waals surface area contributed by atoms with Crippen LogP contribution >= 0.6 is 0 Å². The maximum absolute atomic E-state index is 3.57. The lowest BCUT2D eigenvalue weighted by Gasteiger charge is -2.26. The molecule has 20 heavy (non-hydrogen) atoms. The molecule has 2 rings (SSSR count). The monoisotopic (exact) mass is 274 g/mol. The second kappa shape index (κ2) is 7.24. The molecule has 0 unspecified atom stereocenters. The summed E-state index contributed by atoms with van der Waals surface area (Å²) in [5.41, 5.74) is 3.05. The van der Waals surface area contributed by atoms with E-state index in [0.29, 0.717) is 0 Å². The van der Waals surface area contributed by atoms with Gasteiger partial charge >= 0.3 is 0 Å². The van der Waals surface area contributed by atoms with Crippen molar-refractivity contribution < 1.29 is 0 Å². The van der Waals surface area contributed by atoms with E-state index in [2.05, 4.69) is 55.3 Å². The number of nitrogens with one attached hydrogen (secondary N) is 1. The van der Waals surface area contributed by atoms with Gasteiger partial charge in [0, 0.05) is 19.6 Å². The molecule has 1 N–H and O–H groups in total. The molecule has 112 valence electrons. The Hall–Kier alpha value is -0.860. The van der Waals surface area contributed by atoms with Crippen molar-refractivity contribution in [1.29, 1.82) is 0 Å². The first kappa shape index (κ1) is 15.5. The minimum absolute atomic E-state index is 0.250. The van der Waals surface area contributed by atoms with Crippen molar-refractivity contribution in [2.24, 2.45) is 0 Å². The normalized spacial score (nSPS) is 17.4. The second-order valence-electron chi connectivity index (χ2n) is 7.03. The summed E-state index contributed by atoms with van der Waals surface area (Å²) >= 11 is 0. The number of hydrogen-bond acceptors (Lipinski definition) is 2. The van der Waals surface area contributed by atoms with E-state index in [1.54, 1.807) is 0 Å². The van der Waals surface area contributed by atoms with Crippen molar-refractivity contribution in [2.45, 2.75) is 52.0 Å². The average Bonchev–Trinajstić information content (AvgIpc) is 2.44. The predicted molar refractivity (Wildman–Crippen MR) is 87.1 cm³/mol. The van der Waals surface area contributed by atoms with Crippen molar-refractivity contribution in [2.75, 3.05) is 26.2 Å². The maximum atomic E-state index is 3.57. The van der Waals surface area contributed by atoms with Crippen LogP contribution in [0, 0.1) is 0 Å². The first-order valence-corrected chi connectivity index (χ1v) is 8.08. The van der Waals surface area contributed by atoms with E-state index < -0.39 is 0 Å². The highest BCUT2D eigenvalue weighted by molar-refractivity contribution is 5.27. The minimum atomic E-state index is 0.250. The van der Waals surface area contributed by atoms with E-state index in [-0.39, 0.29) is 5.41 Å². The third-order valence-electron chi connectivity index (χ3n) is 4.20. The van der Waals surface area contributed by atoms with Crippen molar-refractivity contribution >= 4 is 0 Å². The third-order valence-corrected chi connectivity index (χ3v) is 4.20. The summed E-state index contributed by atoms with van der Waals surface area (Å²) in [5, 5.41) is 3.57. The first-order valence-electron chi connectivity index (χ1n) is 8.08. The van der Waals surface area contributed by atoms with Crippen LogP contribution in [-0.2, 0) is 12.0 Å². The van der Waals surface area contributed by atoms with Crippen molar-refractivity contribution in [3.8, 4) is 0 Å². The van der Waals surface area contributed by atoms with Crippen molar-refractivity contribution in [1.82, 2.24) is 10.2 Å². The molecule has 1 heterocycles. The smallest absolute Gasteiger partial charge is 0.0206 e. The zero-order chi connectivity index (χ0) is 14.4. The minimum Gasteiger partial charge on any atom is -0.311 e. The summed E-state index contributed by atoms with van der Waals surface area (Å²) < 4.78 is 0. The van der Waals surface area contributed by atoms with Crippen LogP contribution in [0.5, 0.6) is 0 Å². The van der Waals surface area contributed by atoms with Crippen LogP contribution in [0.3, 0.4) is 0 Å². The topological polar surface area (TPSA) is 15.3 Å². The molecule has 0 spiro atoms. The lowest BCUT2D eigenvalue weighted by molar-refractivity contribution is 0.229. The van der Waals surface area contributed by atoms with Crippen LogP contribution in [0.4, 0.5) is 0 Å². The number of piperidine rings is 1. The van der Waals surface area contributed by atoms with Gasteiger partial charge < -0.3 is 10.2 Å². The quantitative estimate of drug-likeness (QED) is 0.826. The summed E-state index contributed by atoms with van der Waals surface area (Å²) in [6.07, 6.45) is 4.19. The van der Waals surface area contributed by atoms with Gasteiger partial charge in [0.15, 0.2) is 0 Å². The molecule has 1 fully saturated rings. The van der Waals surface area contributed by atoms with Gasteiger partial charge in [-0.1, -0.05) is 51.5 Å². The van der Waals surface area contributed by atoms with E-state index in [0.717, 1.165) is 13.1 Å². The standard InChI is InChI=1S/C18H30N2/c1-18(2,3)17-9-7-16(8-10-17)15-19-11-14-20-12-5-4-6-13-20/h7-10,19H,4-6,11-15H2,1-3H3. The molecule has 1 aliphatic rings. The van der Waals surface area contributed by atoms with E-state index >= 15 is 0 Å². The molecule has 0 aliphatic carbocycles. The Labute approximate surface area is 124 Å². The summed E-state index contributed by atoms with van der Waals surface area (Å²) in [6, 6.07) is 9.05. The van der Waals surface area contributed by atoms with Crippen LogP contribution in [-0.4, -0.2) is 31.1 Å². The van der Waals surface area contributed by atoms with Crippen molar-refractivity contribution in [3.63, 3.8) is 0 Å². The Morgan fingerprint density at radius 2 is 1.65 bits per heavy atom. The Kier molecular flexibility index (Phi) is 5.62. The van der Waals surface area contributed by atoms with E-state index in [1.807, 2.05) is 0 Å². The highest BCUT2D eigenvalue weighted by Gasteiger charge is 2.12. The summed E-state index contributed by atoms with van der Waals surface area (Å²) in [5.74, 6) is 0. The Morgan fingerprint density at radius 3 is 2.25 bits per heavy atom. The van der Waals surface area contributed by atoms with Gasteiger partial charge in [0.1, 0.15) is 0 Å². The number of rotatable bonds is 5. The van der Waals surface area contributed by atoms with E-state index in [1.165, 1.54) is 50.0 Å². The SMILES string of the molecule is CC(C)(C)c1ccc(CNCCN2CCCCC2)cc1. The van der Waals surface area contributed by atoms with Gasteiger partial charge in [-0.05, 0) is 42.5 Å². The lowest BCUT2D eigenvalue weighted by atomic mass is 9.87. The van der Waals surface area contributed by atoms with Gasteiger partial charge in [0.05, 0.1) is 0 Å². The molecule has 0 bridgehead atoms. The van der Waals surface area contributed by atoms with Gasteiger partial charge in [0.25, 0.3) is 0 Å². The first-order chi connectivity index (χ1) is 9.55. The number of benzene rings is 1. The molecule has 0 atom stereocenters. The zero-order valence-corrected chi connectivity index (χ0v) is 13.4. The fraction of sp³-hybridized carbons (Fsp3) is 0.667. The Morgan fingerprint density at radius 1 is 1.00 bits per heavy atom. The molecule has 1 aliphatic heterocycles. The molecule has 1 aromatic carbocycles. The largest absolute Gasteiger partial charge is 0.311 e. The molecule has 0 radical (unpaired) electrons. The Balaban J connectivity index is 1.68. The van der Waals surface area contributed by atoms with Crippen molar-refractivity contribution in [3.05, 3.63) is 35.4 Å². The third kappa shape index (κ3) is 4.92. The van der Waals surface area contributed by atoms with Crippen LogP contribution in [0.25, 0.3) is 0 Å². The highest BCUT2D eigenvalue weighted by Crippen LogP contribution is 2.22. The molecule has 0 amide bonds. The molecular weight excluding hydrogens is 244 g/mol. The van der Waals surface area contributed by atoms with Crippen LogP contribution in [0.1, 0.15) is 51.2 Å². The molecule has 0 saturated carbocycles. The Bertz CT molecular complexity index is 383. The van der Waals surface area contributed by atoms with Gasteiger partial charge in [-0.2, -0.15) is 0 Å². The van der Waals surface area contributed by atoms with E-state index in [4.69, 9.17) is 0 Å². The number of nitrogens with zero attached hydrogens (tertiary/aromatic N) is 1. The summed E-state index contributed by atoms with van der Waals surface area (Å²) in [4.78, 5) is 2.58. The van der Waals surface area contributed by atoms with Crippen LogP contribution in [0.15, 0.2) is 24.3 Å². The molecule has 0 aromatic heterocycles. The maximum Gasteiger partial charge on any atom is 0.0206 e. The van der Waals surface area contributed by atoms with Gasteiger partial charge in [-0.3, -0.25) is 0 Å². The predicted octanol–water partition coefficient (Wildman–Crippen LogP) is 3.56. The lowest BCUT2D eigenvalue weighted by Crippen LogP contribution is -2.35.